The molecule has 2 aromatic carbocycles. The van der Waals surface area contributed by atoms with Crippen LogP contribution in [0.15, 0.2) is 48.5 Å². The summed E-state index contributed by atoms with van der Waals surface area (Å²) >= 11 is 0. The first-order valence-corrected chi connectivity index (χ1v) is 7.64. The maximum atomic E-state index is 11.9. The number of phenolic OH excluding ortho intramolecular Hbond substituents is 1. The number of amides is 1. The second-order valence-corrected chi connectivity index (χ2v) is 5.12. The molecule has 0 aliphatic heterocycles. The zero-order valence-corrected chi connectivity index (χ0v) is 13.6. The van der Waals surface area contributed by atoms with Gasteiger partial charge in [0.15, 0.2) is 0 Å². The van der Waals surface area contributed by atoms with E-state index in [9.17, 15) is 20.0 Å². The van der Waals surface area contributed by atoms with Crippen molar-refractivity contribution in [2.45, 2.75) is 13.5 Å². The average molecular weight is 342 g/mol. The molecule has 0 aliphatic carbocycles. The number of nitro groups is 1. The summed E-state index contributed by atoms with van der Waals surface area (Å²) in [5.41, 5.74) is 0.959. The topological polar surface area (TPSA) is 102 Å². The van der Waals surface area contributed by atoms with Crippen LogP contribution in [-0.2, 0) is 11.3 Å². The highest BCUT2D eigenvalue weighted by molar-refractivity contribution is 5.91. The molecule has 0 saturated carbocycles. The number of aromatic hydroxyl groups is 1. The standard InChI is InChI=1S/C18H18N2O5/c1-2-25-16-7-3-13(4-8-16)5-10-18(22)19-12-14-11-15(20(23)24)6-9-17(14)21/h3-11,21H,2,12H2,1H3,(H,19,22)/b10-5+. The Kier molecular flexibility index (Phi) is 6.11. The molecule has 0 aromatic heterocycles. The number of hydrogen-bond donors (Lipinski definition) is 2. The van der Waals surface area contributed by atoms with Crippen molar-refractivity contribution in [3.63, 3.8) is 0 Å². The van der Waals surface area contributed by atoms with Crippen LogP contribution < -0.4 is 10.1 Å². The molecule has 0 bridgehead atoms. The number of nitrogens with zero attached hydrogens (tertiary/aromatic N) is 1. The molecule has 0 atom stereocenters. The van der Waals surface area contributed by atoms with Crippen LogP contribution >= 0.6 is 0 Å². The molecule has 7 nitrogen and oxygen atoms in total. The molecular formula is C18H18N2O5. The molecule has 0 saturated heterocycles. The highest BCUT2D eigenvalue weighted by Gasteiger charge is 2.10. The normalized spacial score (nSPS) is 10.6. The molecule has 0 spiro atoms. The molecule has 1 amide bonds. The van der Waals surface area contributed by atoms with Gasteiger partial charge in [-0.15, -0.1) is 0 Å². The van der Waals surface area contributed by atoms with Crippen LogP contribution in [0, 0.1) is 10.1 Å². The number of non-ortho nitro benzene ring substituents is 1. The van der Waals surface area contributed by atoms with Gasteiger partial charge < -0.3 is 15.2 Å². The first-order valence-electron chi connectivity index (χ1n) is 7.64. The fourth-order valence-electron chi connectivity index (χ4n) is 2.08. The van der Waals surface area contributed by atoms with E-state index >= 15 is 0 Å². The third-order valence-electron chi connectivity index (χ3n) is 3.35. The van der Waals surface area contributed by atoms with Crippen molar-refractivity contribution in [3.05, 3.63) is 69.8 Å². The number of hydrogen-bond acceptors (Lipinski definition) is 5. The van der Waals surface area contributed by atoms with Gasteiger partial charge in [0.2, 0.25) is 5.91 Å². The molecule has 2 aromatic rings. The maximum Gasteiger partial charge on any atom is 0.270 e. The number of carbonyl (C=O) groups excluding carboxylic acids is 1. The van der Waals surface area contributed by atoms with Gasteiger partial charge in [-0.05, 0) is 36.8 Å². The summed E-state index contributed by atoms with van der Waals surface area (Å²) in [6.45, 7) is 2.47. The fourth-order valence-corrected chi connectivity index (χ4v) is 2.08. The lowest BCUT2D eigenvalue weighted by atomic mass is 10.1. The monoisotopic (exact) mass is 342 g/mol. The van der Waals surface area contributed by atoms with E-state index in [0.717, 1.165) is 11.3 Å². The van der Waals surface area contributed by atoms with Gasteiger partial charge in [-0.1, -0.05) is 12.1 Å². The molecule has 2 rings (SSSR count). The van der Waals surface area contributed by atoms with Crippen LogP contribution in [0.25, 0.3) is 6.08 Å². The van der Waals surface area contributed by atoms with Gasteiger partial charge >= 0.3 is 0 Å². The molecule has 0 aliphatic rings. The predicted molar refractivity (Wildman–Crippen MR) is 93.3 cm³/mol. The molecular weight excluding hydrogens is 324 g/mol. The number of nitrogens with one attached hydrogen (secondary N) is 1. The second kappa shape index (κ2) is 8.49. The van der Waals surface area contributed by atoms with Crippen LogP contribution in [0.1, 0.15) is 18.1 Å². The highest BCUT2D eigenvalue weighted by Crippen LogP contribution is 2.22. The van der Waals surface area contributed by atoms with Gasteiger partial charge in [-0.3, -0.25) is 14.9 Å². The van der Waals surface area contributed by atoms with E-state index in [-0.39, 0.29) is 29.5 Å². The minimum absolute atomic E-state index is 0.0139. The summed E-state index contributed by atoms with van der Waals surface area (Å²) in [6, 6.07) is 10.9. The van der Waals surface area contributed by atoms with Crippen molar-refractivity contribution >= 4 is 17.7 Å². The van der Waals surface area contributed by atoms with Crippen LogP contribution in [0.4, 0.5) is 5.69 Å². The van der Waals surface area contributed by atoms with Gasteiger partial charge in [0.1, 0.15) is 11.5 Å². The Bertz CT molecular complexity index is 785. The zero-order valence-electron chi connectivity index (χ0n) is 13.6. The van der Waals surface area contributed by atoms with Crippen LogP contribution in [-0.4, -0.2) is 22.5 Å². The lowest BCUT2D eigenvalue weighted by Crippen LogP contribution is -2.20. The largest absolute Gasteiger partial charge is 0.508 e. The molecule has 0 fully saturated rings. The quantitative estimate of drug-likeness (QED) is 0.457. The van der Waals surface area contributed by atoms with Crippen LogP contribution in [0.2, 0.25) is 0 Å². The lowest BCUT2D eigenvalue weighted by molar-refractivity contribution is -0.384. The number of carbonyl (C=O) groups is 1. The van der Waals surface area contributed by atoms with E-state index < -0.39 is 4.92 Å². The molecule has 130 valence electrons. The molecule has 2 N–H and O–H groups in total. The minimum Gasteiger partial charge on any atom is -0.508 e. The van der Waals surface area contributed by atoms with Gasteiger partial charge in [0.05, 0.1) is 11.5 Å². The van der Waals surface area contributed by atoms with Crippen molar-refractivity contribution in [1.82, 2.24) is 5.32 Å². The smallest absolute Gasteiger partial charge is 0.270 e. The Morgan fingerprint density at radius 1 is 1.28 bits per heavy atom. The van der Waals surface area contributed by atoms with E-state index in [2.05, 4.69) is 5.32 Å². The van der Waals surface area contributed by atoms with Crippen molar-refractivity contribution < 1.29 is 19.6 Å². The summed E-state index contributed by atoms with van der Waals surface area (Å²) in [4.78, 5) is 22.0. The summed E-state index contributed by atoms with van der Waals surface area (Å²) in [7, 11) is 0. The fraction of sp³-hybridized carbons (Fsp3) is 0.167. The van der Waals surface area contributed by atoms with Gasteiger partial charge in [-0.2, -0.15) is 0 Å². The number of rotatable bonds is 7. The minimum atomic E-state index is -0.559. The number of ether oxygens (including phenoxy) is 1. The van der Waals surface area contributed by atoms with E-state index in [1.165, 1.54) is 24.3 Å². The Labute approximate surface area is 144 Å². The van der Waals surface area contributed by atoms with E-state index in [4.69, 9.17) is 4.74 Å². The van der Waals surface area contributed by atoms with Crippen molar-refractivity contribution in [2.75, 3.05) is 6.61 Å². The Morgan fingerprint density at radius 2 is 2.00 bits per heavy atom. The first-order chi connectivity index (χ1) is 12.0. The molecule has 7 heteroatoms. The van der Waals surface area contributed by atoms with Crippen LogP contribution in [0.3, 0.4) is 0 Å². The zero-order chi connectivity index (χ0) is 18.2. The Hall–Kier alpha value is -3.35. The summed E-state index contributed by atoms with van der Waals surface area (Å²) in [6.07, 6.45) is 2.99. The molecule has 0 heterocycles. The SMILES string of the molecule is CCOc1ccc(/C=C/C(=O)NCc2cc([N+](=O)[O-])ccc2O)cc1. The van der Waals surface area contributed by atoms with Crippen molar-refractivity contribution in [1.29, 1.82) is 0 Å². The summed E-state index contributed by atoms with van der Waals surface area (Å²) in [5, 5.41) is 23.0. The number of benzene rings is 2. The number of phenols is 1. The summed E-state index contributed by atoms with van der Waals surface area (Å²) < 4.78 is 5.34. The Morgan fingerprint density at radius 3 is 2.64 bits per heavy atom. The average Bonchev–Trinajstić information content (AvgIpc) is 2.60. The van der Waals surface area contributed by atoms with Crippen molar-refractivity contribution in [2.24, 2.45) is 0 Å². The predicted octanol–water partition coefficient (Wildman–Crippen LogP) is 3.03. The van der Waals surface area contributed by atoms with Gasteiger partial charge in [0, 0.05) is 30.3 Å². The third kappa shape index (κ3) is 5.35. The maximum absolute atomic E-state index is 11.9. The van der Waals surface area contributed by atoms with E-state index in [1.54, 1.807) is 6.08 Å². The van der Waals surface area contributed by atoms with Gasteiger partial charge in [-0.25, -0.2) is 0 Å². The first kappa shape index (κ1) is 18.0. The molecule has 0 radical (unpaired) electrons. The molecule has 25 heavy (non-hydrogen) atoms. The van der Waals surface area contributed by atoms with E-state index in [1.807, 2.05) is 31.2 Å². The lowest BCUT2D eigenvalue weighted by Gasteiger charge is -2.05. The van der Waals surface area contributed by atoms with Crippen molar-refractivity contribution in [3.8, 4) is 11.5 Å². The highest BCUT2D eigenvalue weighted by atomic mass is 16.6. The second-order valence-electron chi connectivity index (χ2n) is 5.12. The van der Waals surface area contributed by atoms with Gasteiger partial charge in [0.25, 0.3) is 5.69 Å². The van der Waals surface area contributed by atoms with Crippen LogP contribution in [0.5, 0.6) is 11.5 Å². The number of nitro benzene ring substituents is 1. The summed E-state index contributed by atoms with van der Waals surface area (Å²) in [5.74, 6) is 0.270. The van der Waals surface area contributed by atoms with E-state index in [0.29, 0.717) is 6.61 Å². The third-order valence-corrected chi connectivity index (χ3v) is 3.35. The molecule has 0 unspecified atom stereocenters. The Balaban J connectivity index is 1.94.